The molecule has 28 heavy (non-hydrogen) atoms. The molecule has 0 bridgehead atoms. The average Bonchev–Trinajstić information content (AvgIpc) is 3.10. The minimum Gasteiger partial charge on any atom is -0.488 e. The van der Waals surface area contributed by atoms with Crippen LogP contribution >= 0.6 is 0 Å². The summed E-state index contributed by atoms with van der Waals surface area (Å²) in [5, 5.41) is 2.95. The molecule has 1 atom stereocenters. The van der Waals surface area contributed by atoms with Crippen molar-refractivity contribution in [1.29, 1.82) is 0 Å². The minimum atomic E-state index is -0.532. The van der Waals surface area contributed by atoms with Gasteiger partial charge in [0.05, 0.1) is 12.2 Å². The highest BCUT2D eigenvalue weighted by Gasteiger charge is 2.30. The predicted octanol–water partition coefficient (Wildman–Crippen LogP) is 2.61. The summed E-state index contributed by atoms with van der Waals surface area (Å²) in [7, 11) is 0. The van der Waals surface area contributed by atoms with E-state index in [1.54, 1.807) is 0 Å². The van der Waals surface area contributed by atoms with Crippen molar-refractivity contribution in [2.45, 2.75) is 38.9 Å². The smallest absolute Gasteiger partial charge is 0.421 e. The monoisotopic (exact) mass is 381 g/mol. The second-order valence-electron chi connectivity index (χ2n) is 7.10. The van der Waals surface area contributed by atoms with Gasteiger partial charge >= 0.3 is 6.09 Å². The van der Waals surface area contributed by atoms with Gasteiger partial charge in [-0.25, -0.2) is 10.2 Å². The summed E-state index contributed by atoms with van der Waals surface area (Å²) in [6.45, 7) is 2.67. The molecule has 4 rings (SSSR count). The standard InChI is InChI=1S/C21H23N3O4/c1-13-9-15-10-16(28-20(15)17-7-8-18(25)23-19(13)17)11-22-24-21(26)27-12-14-5-3-2-4-6-14/h2-6,9,16,22H,7-8,10-12H2,1H3,(H,23,25)(H,24,26). The molecule has 3 N–H and O–H groups in total. The zero-order valence-corrected chi connectivity index (χ0v) is 15.7. The molecule has 2 aromatic carbocycles. The van der Waals surface area contributed by atoms with Gasteiger partial charge in [-0.05, 0) is 30.0 Å². The van der Waals surface area contributed by atoms with Crippen LogP contribution in [0.4, 0.5) is 10.5 Å². The molecule has 2 amide bonds. The molecule has 0 saturated carbocycles. The van der Waals surface area contributed by atoms with E-state index < -0.39 is 6.09 Å². The van der Waals surface area contributed by atoms with Crippen molar-refractivity contribution in [3.8, 4) is 5.75 Å². The highest BCUT2D eigenvalue weighted by Crippen LogP contribution is 2.41. The maximum Gasteiger partial charge on any atom is 0.421 e. The fourth-order valence-corrected chi connectivity index (χ4v) is 3.66. The first-order valence-electron chi connectivity index (χ1n) is 9.41. The van der Waals surface area contributed by atoms with Crippen LogP contribution < -0.4 is 20.9 Å². The maximum absolute atomic E-state index is 11.8. The average molecular weight is 381 g/mol. The number of aryl methyl sites for hydroxylation is 1. The number of benzene rings is 2. The Kier molecular flexibility index (Phi) is 5.16. The lowest BCUT2D eigenvalue weighted by Crippen LogP contribution is -2.43. The number of carbonyl (C=O) groups excluding carboxylic acids is 2. The lowest BCUT2D eigenvalue weighted by atomic mass is 9.94. The lowest BCUT2D eigenvalue weighted by molar-refractivity contribution is -0.116. The fraction of sp³-hybridized carbons (Fsp3) is 0.333. The van der Waals surface area contributed by atoms with E-state index >= 15 is 0 Å². The third-order valence-corrected chi connectivity index (χ3v) is 4.98. The molecule has 2 aromatic rings. The number of carbonyl (C=O) groups is 2. The van der Waals surface area contributed by atoms with Crippen molar-refractivity contribution >= 4 is 17.7 Å². The SMILES string of the molecule is Cc1cc2c(c3c1NC(=O)CC3)OC(CNNC(=O)OCc1ccccc1)C2. The number of hydrogen-bond acceptors (Lipinski definition) is 5. The van der Waals surface area contributed by atoms with Crippen LogP contribution in [0.25, 0.3) is 0 Å². The molecule has 0 fully saturated rings. The fourth-order valence-electron chi connectivity index (χ4n) is 3.66. The minimum absolute atomic E-state index is 0.0463. The van der Waals surface area contributed by atoms with Crippen LogP contribution in [0.5, 0.6) is 5.75 Å². The lowest BCUT2D eigenvalue weighted by Gasteiger charge is -2.22. The number of rotatable bonds is 5. The summed E-state index contributed by atoms with van der Waals surface area (Å²) in [6, 6.07) is 11.6. The molecule has 2 heterocycles. The Hall–Kier alpha value is -3.06. The van der Waals surface area contributed by atoms with Gasteiger partial charge in [-0.15, -0.1) is 0 Å². The molecule has 7 nitrogen and oxygen atoms in total. The number of ether oxygens (including phenoxy) is 2. The van der Waals surface area contributed by atoms with Crippen LogP contribution in [0.2, 0.25) is 0 Å². The molecular weight excluding hydrogens is 358 g/mol. The second kappa shape index (κ2) is 7.90. The molecule has 0 aliphatic carbocycles. The van der Waals surface area contributed by atoms with E-state index in [9.17, 15) is 9.59 Å². The molecule has 0 radical (unpaired) electrons. The molecule has 0 aromatic heterocycles. The first-order chi connectivity index (χ1) is 13.6. The Morgan fingerprint density at radius 3 is 2.93 bits per heavy atom. The number of amides is 2. The zero-order chi connectivity index (χ0) is 19.5. The van der Waals surface area contributed by atoms with Gasteiger partial charge in [-0.3, -0.25) is 10.2 Å². The summed E-state index contributed by atoms with van der Waals surface area (Å²) in [6.07, 6.45) is 1.30. The second-order valence-corrected chi connectivity index (χ2v) is 7.10. The quantitative estimate of drug-likeness (QED) is 0.693. The summed E-state index contributed by atoms with van der Waals surface area (Å²) in [4.78, 5) is 23.5. The number of hydrazine groups is 1. The zero-order valence-electron chi connectivity index (χ0n) is 15.7. The largest absolute Gasteiger partial charge is 0.488 e. The van der Waals surface area contributed by atoms with Gasteiger partial charge in [0, 0.05) is 18.4 Å². The third kappa shape index (κ3) is 3.94. The van der Waals surface area contributed by atoms with Crippen LogP contribution in [0.1, 0.15) is 28.7 Å². The van der Waals surface area contributed by atoms with Gasteiger partial charge in [0.15, 0.2) is 0 Å². The van der Waals surface area contributed by atoms with Gasteiger partial charge in [-0.2, -0.15) is 0 Å². The Bertz CT molecular complexity index is 898. The molecular formula is C21H23N3O4. The molecule has 0 saturated heterocycles. The number of fused-ring (bicyclic) bond motifs is 3. The van der Waals surface area contributed by atoms with Crippen LogP contribution in [0, 0.1) is 6.92 Å². The van der Waals surface area contributed by atoms with E-state index in [0.29, 0.717) is 19.4 Å². The first-order valence-corrected chi connectivity index (χ1v) is 9.41. The third-order valence-electron chi connectivity index (χ3n) is 4.98. The van der Waals surface area contributed by atoms with E-state index in [1.807, 2.05) is 37.3 Å². The van der Waals surface area contributed by atoms with Crippen molar-refractivity contribution in [2.24, 2.45) is 0 Å². The Morgan fingerprint density at radius 1 is 1.29 bits per heavy atom. The summed E-state index contributed by atoms with van der Waals surface area (Å²) in [5.41, 5.74) is 10.5. The molecule has 2 aliphatic rings. The van der Waals surface area contributed by atoms with E-state index in [0.717, 1.165) is 40.1 Å². The van der Waals surface area contributed by atoms with Crippen LogP contribution in [-0.2, 0) is 29.0 Å². The molecule has 146 valence electrons. The van der Waals surface area contributed by atoms with Crippen molar-refractivity contribution in [3.05, 3.63) is 58.7 Å². The van der Waals surface area contributed by atoms with Crippen LogP contribution in [0.3, 0.4) is 0 Å². The maximum atomic E-state index is 11.8. The Labute approximate surface area is 163 Å². The molecule has 7 heteroatoms. The van der Waals surface area contributed by atoms with E-state index in [-0.39, 0.29) is 18.6 Å². The van der Waals surface area contributed by atoms with Crippen molar-refractivity contribution in [3.63, 3.8) is 0 Å². The topological polar surface area (TPSA) is 88.7 Å². The van der Waals surface area contributed by atoms with E-state index in [2.05, 4.69) is 22.2 Å². The normalized spacial score (nSPS) is 17.2. The highest BCUT2D eigenvalue weighted by molar-refractivity contribution is 5.95. The number of hydrogen-bond donors (Lipinski definition) is 3. The van der Waals surface area contributed by atoms with Gasteiger partial charge in [0.25, 0.3) is 0 Å². The summed E-state index contributed by atoms with van der Waals surface area (Å²) >= 11 is 0. The van der Waals surface area contributed by atoms with Gasteiger partial charge < -0.3 is 14.8 Å². The van der Waals surface area contributed by atoms with Gasteiger partial charge in [0.2, 0.25) is 5.91 Å². The predicted molar refractivity (Wildman–Crippen MR) is 104 cm³/mol. The van der Waals surface area contributed by atoms with E-state index in [1.165, 1.54) is 0 Å². The number of anilines is 1. The van der Waals surface area contributed by atoms with E-state index in [4.69, 9.17) is 9.47 Å². The summed E-state index contributed by atoms with van der Waals surface area (Å²) < 4.78 is 11.3. The van der Waals surface area contributed by atoms with Gasteiger partial charge in [-0.1, -0.05) is 36.4 Å². The first kappa shape index (κ1) is 18.3. The summed E-state index contributed by atoms with van der Waals surface area (Å²) in [5.74, 6) is 0.920. The molecule has 2 aliphatic heterocycles. The molecule has 0 spiro atoms. The number of nitrogens with one attached hydrogen (secondary N) is 3. The van der Waals surface area contributed by atoms with Crippen molar-refractivity contribution in [1.82, 2.24) is 10.9 Å². The Morgan fingerprint density at radius 2 is 2.11 bits per heavy atom. The van der Waals surface area contributed by atoms with Crippen LogP contribution in [0.15, 0.2) is 36.4 Å². The highest BCUT2D eigenvalue weighted by atomic mass is 16.6. The Balaban J connectivity index is 1.27. The van der Waals surface area contributed by atoms with Crippen molar-refractivity contribution < 1.29 is 19.1 Å². The van der Waals surface area contributed by atoms with Crippen LogP contribution in [-0.4, -0.2) is 24.6 Å². The van der Waals surface area contributed by atoms with Gasteiger partial charge in [0.1, 0.15) is 18.5 Å². The van der Waals surface area contributed by atoms with Crippen molar-refractivity contribution in [2.75, 3.05) is 11.9 Å². The molecule has 1 unspecified atom stereocenters.